The average molecular weight is 414 g/mol. The van der Waals surface area contributed by atoms with Crippen LogP contribution in [0.4, 0.5) is 5.69 Å². The SMILES string of the molecule is O=C(CN1CCN(Cc2ccccc2Cl)S1(=O)=O)Nc1ccc(Cl)cc1. The summed E-state index contributed by atoms with van der Waals surface area (Å²) in [6.07, 6.45) is 0. The van der Waals surface area contributed by atoms with Crippen molar-refractivity contribution in [1.29, 1.82) is 0 Å². The number of amides is 1. The Kier molecular flexibility index (Phi) is 5.84. The van der Waals surface area contributed by atoms with E-state index in [1.165, 1.54) is 4.31 Å². The van der Waals surface area contributed by atoms with Gasteiger partial charge in [-0.2, -0.15) is 17.0 Å². The third kappa shape index (κ3) is 4.36. The van der Waals surface area contributed by atoms with Crippen LogP contribution in [-0.2, 0) is 21.5 Å². The van der Waals surface area contributed by atoms with Crippen molar-refractivity contribution in [2.45, 2.75) is 6.54 Å². The maximum absolute atomic E-state index is 12.7. The summed E-state index contributed by atoms with van der Waals surface area (Å²) in [4.78, 5) is 12.2. The Labute approximate surface area is 162 Å². The predicted octanol–water partition coefficient (Wildman–Crippen LogP) is 2.99. The summed E-state index contributed by atoms with van der Waals surface area (Å²) >= 11 is 11.9. The smallest absolute Gasteiger partial charge is 0.282 e. The minimum Gasteiger partial charge on any atom is -0.325 e. The van der Waals surface area contributed by atoms with Crippen molar-refractivity contribution < 1.29 is 13.2 Å². The van der Waals surface area contributed by atoms with Crippen LogP contribution in [0.25, 0.3) is 0 Å². The van der Waals surface area contributed by atoms with E-state index >= 15 is 0 Å². The molecule has 9 heteroatoms. The fraction of sp³-hybridized carbons (Fsp3) is 0.235. The van der Waals surface area contributed by atoms with Gasteiger partial charge in [-0.3, -0.25) is 4.79 Å². The quantitative estimate of drug-likeness (QED) is 0.818. The molecule has 0 unspecified atom stereocenters. The molecule has 0 spiro atoms. The van der Waals surface area contributed by atoms with E-state index in [9.17, 15) is 13.2 Å². The second-order valence-electron chi connectivity index (χ2n) is 5.82. The van der Waals surface area contributed by atoms with Crippen molar-refractivity contribution in [2.24, 2.45) is 0 Å². The number of rotatable bonds is 5. The van der Waals surface area contributed by atoms with Gasteiger partial charge in [0, 0.05) is 35.4 Å². The van der Waals surface area contributed by atoms with E-state index in [2.05, 4.69) is 5.32 Å². The Morgan fingerprint density at radius 3 is 2.35 bits per heavy atom. The summed E-state index contributed by atoms with van der Waals surface area (Å²) < 4.78 is 27.8. The average Bonchev–Trinajstić information content (AvgIpc) is 2.86. The van der Waals surface area contributed by atoms with E-state index in [0.29, 0.717) is 22.3 Å². The number of anilines is 1. The van der Waals surface area contributed by atoms with Crippen molar-refractivity contribution in [1.82, 2.24) is 8.61 Å². The molecule has 3 rings (SSSR count). The van der Waals surface area contributed by atoms with Crippen molar-refractivity contribution >= 4 is 45.0 Å². The molecule has 1 amide bonds. The number of benzene rings is 2. The van der Waals surface area contributed by atoms with Gasteiger partial charge in [-0.15, -0.1) is 0 Å². The Morgan fingerprint density at radius 1 is 1.00 bits per heavy atom. The highest BCUT2D eigenvalue weighted by molar-refractivity contribution is 7.87. The summed E-state index contributed by atoms with van der Waals surface area (Å²) in [5.74, 6) is -0.407. The number of hydrogen-bond donors (Lipinski definition) is 1. The number of nitrogens with zero attached hydrogens (tertiary/aromatic N) is 2. The lowest BCUT2D eigenvalue weighted by Gasteiger charge is -2.19. The Balaban J connectivity index is 1.63. The molecule has 1 fully saturated rings. The van der Waals surface area contributed by atoms with Gasteiger partial charge >= 0.3 is 0 Å². The van der Waals surface area contributed by atoms with Crippen LogP contribution in [0, 0.1) is 0 Å². The predicted molar refractivity (Wildman–Crippen MR) is 102 cm³/mol. The maximum Gasteiger partial charge on any atom is 0.282 e. The third-order valence-electron chi connectivity index (χ3n) is 4.00. The summed E-state index contributed by atoms with van der Waals surface area (Å²) in [5, 5.41) is 3.74. The Bertz CT molecular complexity index is 904. The largest absolute Gasteiger partial charge is 0.325 e. The number of carbonyl (C=O) groups is 1. The summed E-state index contributed by atoms with van der Waals surface area (Å²) in [7, 11) is -3.71. The van der Waals surface area contributed by atoms with E-state index in [-0.39, 0.29) is 19.6 Å². The molecule has 2 aromatic rings. The fourth-order valence-corrected chi connectivity index (χ4v) is 4.50. The van der Waals surface area contributed by atoms with Crippen molar-refractivity contribution in [3.8, 4) is 0 Å². The zero-order chi connectivity index (χ0) is 18.7. The van der Waals surface area contributed by atoms with Gasteiger partial charge in [-0.1, -0.05) is 41.4 Å². The van der Waals surface area contributed by atoms with Gasteiger partial charge in [0.05, 0.1) is 6.54 Å². The number of halogens is 2. The molecule has 0 aromatic heterocycles. The number of hydrogen-bond acceptors (Lipinski definition) is 3. The van der Waals surface area contributed by atoms with Gasteiger partial charge < -0.3 is 5.32 Å². The van der Waals surface area contributed by atoms with Crippen LogP contribution in [0.5, 0.6) is 0 Å². The topological polar surface area (TPSA) is 69.7 Å². The Hall–Kier alpha value is -1.64. The second kappa shape index (κ2) is 7.94. The minimum atomic E-state index is -3.71. The first-order chi connectivity index (χ1) is 12.4. The van der Waals surface area contributed by atoms with Crippen LogP contribution in [0.2, 0.25) is 10.0 Å². The van der Waals surface area contributed by atoms with Crippen molar-refractivity contribution in [3.63, 3.8) is 0 Å². The monoisotopic (exact) mass is 413 g/mol. The highest BCUT2D eigenvalue weighted by atomic mass is 35.5. The van der Waals surface area contributed by atoms with Gasteiger partial charge in [0.15, 0.2) is 0 Å². The molecule has 1 aliphatic heterocycles. The van der Waals surface area contributed by atoms with Crippen molar-refractivity contribution in [2.75, 3.05) is 25.0 Å². The van der Waals surface area contributed by atoms with Gasteiger partial charge in [0.25, 0.3) is 10.2 Å². The lowest BCUT2D eigenvalue weighted by molar-refractivity contribution is -0.116. The molecule has 0 radical (unpaired) electrons. The van der Waals surface area contributed by atoms with E-state index in [1.54, 1.807) is 48.5 Å². The highest BCUT2D eigenvalue weighted by Gasteiger charge is 2.37. The lowest BCUT2D eigenvalue weighted by atomic mass is 10.2. The van der Waals surface area contributed by atoms with E-state index in [1.807, 2.05) is 0 Å². The number of nitrogens with one attached hydrogen (secondary N) is 1. The van der Waals surface area contributed by atoms with Crippen molar-refractivity contribution in [3.05, 3.63) is 64.1 Å². The molecular formula is C17H17Cl2N3O3S. The van der Waals surface area contributed by atoms with Gasteiger partial charge in [-0.05, 0) is 35.9 Å². The third-order valence-corrected chi connectivity index (χ3v) is 6.55. The normalized spacial score (nSPS) is 17.3. The first-order valence-corrected chi connectivity index (χ1v) is 10.1. The molecule has 1 heterocycles. The van der Waals surface area contributed by atoms with Gasteiger partial charge in [0.2, 0.25) is 5.91 Å². The standard InChI is InChI=1S/C17H17Cl2N3O3S/c18-14-5-7-15(8-6-14)20-17(23)12-22-10-9-21(26(22,24)25)11-13-3-1-2-4-16(13)19/h1-8H,9-12H2,(H,20,23). The molecule has 1 saturated heterocycles. The van der Waals surface area contributed by atoms with E-state index < -0.39 is 16.1 Å². The first-order valence-electron chi connectivity index (χ1n) is 7.90. The van der Waals surface area contributed by atoms with Gasteiger partial charge in [0.1, 0.15) is 0 Å². The molecule has 0 aliphatic carbocycles. The van der Waals surface area contributed by atoms with Crippen LogP contribution in [-0.4, -0.2) is 42.6 Å². The van der Waals surface area contributed by atoms with Gasteiger partial charge in [-0.25, -0.2) is 0 Å². The molecule has 0 bridgehead atoms. The molecular weight excluding hydrogens is 397 g/mol. The zero-order valence-corrected chi connectivity index (χ0v) is 16.1. The Morgan fingerprint density at radius 2 is 1.65 bits per heavy atom. The molecule has 0 atom stereocenters. The molecule has 1 N–H and O–H groups in total. The molecule has 1 aliphatic rings. The molecule has 138 valence electrons. The van der Waals surface area contributed by atoms with Crippen LogP contribution < -0.4 is 5.32 Å². The second-order valence-corrected chi connectivity index (χ2v) is 8.59. The summed E-state index contributed by atoms with van der Waals surface area (Å²) in [5.41, 5.74) is 1.29. The summed E-state index contributed by atoms with van der Waals surface area (Å²) in [6, 6.07) is 13.7. The number of carbonyl (C=O) groups excluding carboxylic acids is 1. The van der Waals surface area contributed by atoms with E-state index in [0.717, 1.165) is 9.87 Å². The zero-order valence-electron chi connectivity index (χ0n) is 13.7. The minimum absolute atomic E-state index is 0.178. The molecule has 6 nitrogen and oxygen atoms in total. The van der Waals surface area contributed by atoms with E-state index in [4.69, 9.17) is 23.2 Å². The maximum atomic E-state index is 12.7. The van der Waals surface area contributed by atoms with Crippen LogP contribution in [0.1, 0.15) is 5.56 Å². The molecule has 0 saturated carbocycles. The molecule has 26 heavy (non-hydrogen) atoms. The van der Waals surface area contributed by atoms with Crippen LogP contribution in [0.3, 0.4) is 0 Å². The fourth-order valence-electron chi connectivity index (χ4n) is 2.65. The van der Waals surface area contributed by atoms with Crippen LogP contribution in [0.15, 0.2) is 48.5 Å². The highest BCUT2D eigenvalue weighted by Crippen LogP contribution is 2.23. The van der Waals surface area contributed by atoms with Crippen LogP contribution >= 0.6 is 23.2 Å². The first kappa shape index (κ1) is 19.1. The molecule has 2 aromatic carbocycles. The summed E-state index contributed by atoms with van der Waals surface area (Å²) in [6.45, 7) is 0.490. The lowest BCUT2D eigenvalue weighted by Crippen LogP contribution is -2.37.